The van der Waals surface area contributed by atoms with Gasteiger partial charge in [-0.3, -0.25) is 9.67 Å². The van der Waals surface area contributed by atoms with Crippen LogP contribution in [0.3, 0.4) is 0 Å². The van der Waals surface area contributed by atoms with Crippen molar-refractivity contribution in [1.29, 1.82) is 0 Å². The molecule has 1 N–H and O–H groups in total. The van der Waals surface area contributed by atoms with Crippen molar-refractivity contribution in [3.8, 4) is 5.75 Å². The van der Waals surface area contributed by atoms with Crippen molar-refractivity contribution in [2.45, 2.75) is 26.4 Å². The molecule has 0 aliphatic rings. The molecule has 1 atom stereocenters. The average Bonchev–Trinajstić information content (AvgIpc) is 2.88. The van der Waals surface area contributed by atoms with E-state index in [-0.39, 0.29) is 6.04 Å². The first-order valence-electron chi connectivity index (χ1n) is 6.65. The van der Waals surface area contributed by atoms with E-state index in [2.05, 4.69) is 45.2 Å². The van der Waals surface area contributed by atoms with Gasteiger partial charge in [0.15, 0.2) is 5.75 Å². The van der Waals surface area contributed by atoms with Gasteiger partial charge in [-0.25, -0.2) is 0 Å². The molecular weight excluding hydrogens is 320 g/mol. The number of nitrogens with zero attached hydrogens (tertiary/aromatic N) is 3. The molecule has 0 amide bonds. The highest BCUT2D eigenvalue weighted by molar-refractivity contribution is 9.10. The maximum Gasteiger partial charge on any atom is 0.161 e. The third kappa shape index (κ3) is 3.02. The van der Waals surface area contributed by atoms with E-state index < -0.39 is 0 Å². The third-order valence-electron chi connectivity index (χ3n) is 3.09. The predicted octanol–water partition coefficient (Wildman–Crippen LogP) is 2.77. The molecule has 0 spiro atoms. The van der Waals surface area contributed by atoms with Crippen LogP contribution in [-0.2, 0) is 6.54 Å². The minimum atomic E-state index is -0.0366. The zero-order valence-corrected chi connectivity index (χ0v) is 13.5. The maximum absolute atomic E-state index is 5.44. The van der Waals surface area contributed by atoms with Crippen molar-refractivity contribution < 1.29 is 4.74 Å². The summed E-state index contributed by atoms with van der Waals surface area (Å²) in [6.45, 7) is 5.76. The first kappa shape index (κ1) is 15.0. The standard InChI is InChI=1S/C14H19BrN4O/c1-4-16-13(11-7-6-10(15)8-17-11)14-12(20-3)9-18-19(14)5-2/h6-9,13,16H,4-5H2,1-3H3. The lowest BCUT2D eigenvalue weighted by atomic mass is 10.1. The number of nitrogens with one attached hydrogen (secondary N) is 1. The van der Waals surface area contributed by atoms with Gasteiger partial charge in [0.1, 0.15) is 5.69 Å². The molecule has 1 unspecified atom stereocenters. The molecule has 6 heteroatoms. The predicted molar refractivity (Wildman–Crippen MR) is 81.9 cm³/mol. The monoisotopic (exact) mass is 338 g/mol. The van der Waals surface area contributed by atoms with Crippen LogP contribution in [0.25, 0.3) is 0 Å². The van der Waals surface area contributed by atoms with Gasteiger partial charge in [0, 0.05) is 17.2 Å². The molecule has 2 aromatic heterocycles. The van der Waals surface area contributed by atoms with E-state index in [4.69, 9.17) is 4.74 Å². The summed E-state index contributed by atoms with van der Waals surface area (Å²) < 4.78 is 8.35. The molecule has 2 aromatic rings. The van der Waals surface area contributed by atoms with Crippen LogP contribution in [0.15, 0.2) is 29.0 Å². The summed E-state index contributed by atoms with van der Waals surface area (Å²) in [5.41, 5.74) is 1.95. The Balaban J connectivity index is 2.47. The van der Waals surface area contributed by atoms with Crippen LogP contribution >= 0.6 is 15.9 Å². The van der Waals surface area contributed by atoms with Crippen LogP contribution < -0.4 is 10.1 Å². The van der Waals surface area contributed by atoms with Crippen LogP contribution in [0.2, 0.25) is 0 Å². The fraction of sp³-hybridized carbons (Fsp3) is 0.429. The number of aromatic nitrogens is 3. The summed E-state index contributed by atoms with van der Waals surface area (Å²) in [5, 5.41) is 7.82. The number of methoxy groups -OCH3 is 1. The van der Waals surface area contributed by atoms with Crippen LogP contribution in [0.5, 0.6) is 5.75 Å². The number of halogens is 1. The van der Waals surface area contributed by atoms with Crippen LogP contribution in [-0.4, -0.2) is 28.4 Å². The Morgan fingerprint density at radius 1 is 1.35 bits per heavy atom. The molecule has 20 heavy (non-hydrogen) atoms. The minimum absolute atomic E-state index is 0.0366. The fourth-order valence-corrected chi connectivity index (χ4v) is 2.42. The number of hydrogen-bond acceptors (Lipinski definition) is 4. The Morgan fingerprint density at radius 3 is 2.70 bits per heavy atom. The fourth-order valence-electron chi connectivity index (χ4n) is 2.18. The van der Waals surface area contributed by atoms with Crippen molar-refractivity contribution in [2.75, 3.05) is 13.7 Å². The van der Waals surface area contributed by atoms with E-state index in [1.165, 1.54) is 0 Å². The van der Waals surface area contributed by atoms with Crippen LogP contribution in [0, 0.1) is 0 Å². The molecule has 0 saturated heterocycles. The Hall–Kier alpha value is -1.40. The van der Waals surface area contributed by atoms with E-state index in [9.17, 15) is 0 Å². The van der Waals surface area contributed by atoms with Crippen LogP contribution in [0.4, 0.5) is 0 Å². The van der Waals surface area contributed by atoms with Crippen molar-refractivity contribution in [3.63, 3.8) is 0 Å². The van der Waals surface area contributed by atoms with E-state index in [0.717, 1.165) is 34.7 Å². The second-order valence-corrected chi connectivity index (χ2v) is 5.22. The maximum atomic E-state index is 5.44. The summed E-state index contributed by atoms with van der Waals surface area (Å²) >= 11 is 3.41. The molecule has 0 saturated carbocycles. The molecule has 0 fully saturated rings. The normalized spacial score (nSPS) is 12.4. The highest BCUT2D eigenvalue weighted by Crippen LogP contribution is 2.29. The van der Waals surface area contributed by atoms with Gasteiger partial charge in [-0.05, 0) is 41.5 Å². The molecular formula is C14H19BrN4O. The Morgan fingerprint density at radius 2 is 2.15 bits per heavy atom. The lowest BCUT2D eigenvalue weighted by molar-refractivity contribution is 0.398. The van der Waals surface area contributed by atoms with Crippen molar-refractivity contribution >= 4 is 15.9 Å². The Kier molecular flexibility index (Phi) is 5.14. The van der Waals surface area contributed by atoms with E-state index in [0.29, 0.717) is 0 Å². The highest BCUT2D eigenvalue weighted by Gasteiger charge is 2.23. The Labute approximate surface area is 127 Å². The molecule has 2 heterocycles. The molecule has 108 valence electrons. The Bertz CT molecular complexity index is 531. The summed E-state index contributed by atoms with van der Waals surface area (Å²) in [6, 6.07) is 3.96. The summed E-state index contributed by atoms with van der Waals surface area (Å²) in [7, 11) is 1.67. The lowest BCUT2D eigenvalue weighted by Gasteiger charge is -2.20. The lowest BCUT2D eigenvalue weighted by Crippen LogP contribution is -2.26. The number of pyridine rings is 1. The first-order chi connectivity index (χ1) is 9.71. The van der Waals surface area contributed by atoms with Gasteiger partial charge >= 0.3 is 0 Å². The summed E-state index contributed by atoms with van der Waals surface area (Å²) in [6.07, 6.45) is 3.56. The van der Waals surface area contributed by atoms with Gasteiger partial charge in [-0.15, -0.1) is 0 Å². The van der Waals surface area contributed by atoms with Gasteiger partial charge in [0.25, 0.3) is 0 Å². The SMILES string of the molecule is CCNC(c1ccc(Br)cn1)c1c(OC)cnn1CC. The third-order valence-corrected chi connectivity index (χ3v) is 3.56. The summed E-state index contributed by atoms with van der Waals surface area (Å²) in [4.78, 5) is 4.50. The van der Waals surface area contributed by atoms with Crippen molar-refractivity contribution in [1.82, 2.24) is 20.1 Å². The number of rotatable bonds is 6. The van der Waals surface area contributed by atoms with Gasteiger partial charge < -0.3 is 10.1 Å². The number of aryl methyl sites for hydroxylation is 1. The van der Waals surface area contributed by atoms with E-state index in [1.807, 2.05) is 16.8 Å². The summed E-state index contributed by atoms with van der Waals surface area (Å²) in [5.74, 6) is 0.780. The minimum Gasteiger partial charge on any atom is -0.493 e. The van der Waals surface area contributed by atoms with Gasteiger partial charge in [0.05, 0.1) is 25.0 Å². The smallest absolute Gasteiger partial charge is 0.161 e. The van der Waals surface area contributed by atoms with E-state index >= 15 is 0 Å². The van der Waals surface area contributed by atoms with Crippen LogP contribution in [0.1, 0.15) is 31.3 Å². The molecule has 0 aromatic carbocycles. The highest BCUT2D eigenvalue weighted by atomic mass is 79.9. The van der Waals surface area contributed by atoms with Gasteiger partial charge in [-0.2, -0.15) is 5.10 Å². The molecule has 0 aliphatic carbocycles. The average molecular weight is 339 g/mol. The molecule has 0 radical (unpaired) electrons. The molecule has 0 aliphatic heterocycles. The topological polar surface area (TPSA) is 52.0 Å². The van der Waals surface area contributed by atoms with E-state index in [1.54, 1.807) is 19.5 Å². The molecule has 0 bridgehead atoms. The quantitative estimate of drug-likeness (QED) is 0.879. The van der Waals surface area contributed by atoms with Gasteiger partial charge in [0.2, 0.25) is 0 Å². The first-order valence-corrected chi connectivity index (χ1v) is 7.45. The second-order valence-electron chi connectivity index (χ2n) is 4.31. The molecule has 2 rings (SSSR count). The van der Waals surface area contributed by atoms with Gasteiger partial charge in [-0.1, -0.05) is 6.92 Å². The van der Waals surface area contributed by atoms with Crippen molar-refractivity contribution in [3.05, 3.63) is 40.4 Å². The van der Waals surface area contributed by atoms with Crippen molar-refractivity contribution in [2.24, 2.45) is 0 Å². The zero-order chi connectivity index (χ0) is 14.5. The largest absolute Gasteiger partial charge is 0.493 e. The number of ether oxygens (including phenoxy) is 1. The molecule has 5 nitrogen and oxygen atoms in total. The second kappa shape index (κ2) is 6.85. The zero-order valence-electron chi connectivity index (χ0n) is 11.9. The number of hydrogen-bond donors (Lipinski definition) is 1.